The number of terminal acetylenes is 2. The highest BCUT2D eigenvalue weighted by molar-refractivity contribution is 5.70. The number of fused-ring (bicyclic) bond motifs is 2. The molecule has 6 nitrogen and oxygen atoms in total. The van der Waals surface area contributed by atoms with E-state index < -0.39 is 11.2 Å². The van der Waals surface area contributed by atoms with Gasteiger partial charge in [0, 0.05) is 26.2 Å². The van der Waals surface area contributed by atoms with Crippen LogP contribution in [0, 0.1) is 47.4 Å². The SMILES string of the molecule is C#C[C@@]12C[C@@H]1CN(C(=O)OC(C)(C)C)C2.C#C[C@]12C[C@H]1CN(C(=O)OC(C)(C)C)C2. The quantitative estimate of drug-likeness (QED) is 0.567. The highest BCUT2D eigenvalue weighted by Crippen LogP contribution is 2.58. The van der Waals surface area contributed by atoms with Crippen molar-refractivity contribution in [2.24, 2.45) is 22.7 Å². The van der Waals surface area contributed by atoms with Crippen LogP contribution < -0.4 is 0 Å². The molecular formula is C24H34N2O4. The summed E-state index contributed by atoms with van der Waals surface area (Å²) in [4.78, 5) is 26.9. The summed E-state index contributed by atoms with van der Waals surface area (Å²) in [6, 6.07) is 0. The van der Waals surface area contributed by atoms with Crippen molar-refractivity contribution in [3.8, 4) is 24.7 Å². The first-order chi connectivity index (χ1) is 13.7. The molecule has 0 aromatic carbocycles. The van der Waals surface area contributed by atoms with E-state index in [1.807, 2.05) is 41.5 Å². The molecule has 4 rings (SSSR count). The number of nitrogens with zero attached hydrogens (tertiary/aromatic N) is 2. The Bertz CT molecular complexity index is 741. The van der Waals surface area contributed by atoms with Gasteiger partial charge in [-0.25, -0.2) is 9.59 Å². The van der Waals surface area contributed by atoms with E-state index in [1.54, 1.807) is 9.80 Å². The summed E-state index contributed by atoms with van der Waals surface area (Å²) in [6.07, 6.45) is 12.6. The van der Waals surface area contributed by atoms with Gasteiger partial charge in [0.25, 0.3) is 0 Å². The van der Waals surface area contributed by atoms with Crippen molar-refractivity contribution >= 4 is 12.2 Å². The average molecular weight is 415 g/mol. The van der Waals surface area contributed by atoms with Crippen LogP contribution in [0.3, 0.4) is 0 Å². The molecule has 0 bridgehead atoms. The number of carbonyl (C=O) groups excluding carboxylic acids is 2. The molecule has 2 aliphatic carbocycles. The second kappa shape index (κ2) is 7.12. The van der Waals surface area contributed by atoms with E-state index in [4.69, 9.17) is 22.3 Å². The van der Waals surface area contributed by atoms with Gasteiger partial charge in [0.05, 0.1) is 10.8 Å². The first-order valence-electron chi connectivity index (χ1n) is 10.6. The minimum atomic E-state index is -0.423. The van der Waals surface area contributed by atoms with Crippen molar-refractivity contribution in [3.63, 3.8) is 0 Å². The highest BCUT2D eigenvalue weighted by Gasteiger charge is 2.61. The lowest BCUT2D eigenvalue weighted by Crippen LogP contribution is -2.37. The predicted octanol–water partition coefficient (Wildman–Crippen LogP) is 3.75. The van der Waals surface area contributed by atoms with Crippen LogP contribution in [0.5, 0.6) is 0 Å². The Morgan fingerprint density at radius 2 is 1.13 bits per heavy atom. The molecule has 0 unspecified atom stereocenters. The van der Waals surface area contributed by atoms with Gasteiger partial charge in [-0.15, -0.1) is 12.8 Å². The van der Waals surface area contributed by atoms with Crippen LogP contribution in [0.4, 0.5) is 9.59 Å². The first-order valence-corrected chi connectivity index (χ1v) is 10.6. The molecule has 4 fully saturated rings. The Balaban J connectivity index is 0.000000171. The molecule has 0 aromatic rings. The van der Waals surface area contributed by atoms with Crippen molar-refractivity contribution in [1.82, 2.24) is 9.80 Å². The van der Waals surface area contributed by atoms with Gasteiger partial charge >= 0.3 is 12.2 Å². The summed E-state index contributed by atoms with van der Waals surface area (Å²) in [5, 5.41) is 0. The third-order valence-corrected chi connectivity index (χ3v) is 6.17. The Kier molecular flexibility index (Phi) is 5.30. The zero-order chi connectivity index (χ0) is 22.5. The fraction of sp³-hybridized carbons (Fsp3) is 0.750. The molecule has 2 saturated heterocycles. The summed E-state index contributed by atoms with van der Waals surface area (Å²) in [6.45, 7) is 14.1. The second-order valence-electron chi connectivity index (χ2n) is 11.1. The Labute approximate surface area is 180 Å². The first kappa shape index (κ1) is 22.3. The molecule has 4 aliphatic rings. The van der Waals surface area contributed by atoms with Gasteiger partial charge in [-0.05, 0) is 66.2 Å². The van der Waals surface area contributed by atoms with Crippen LogP contribution in [0.15, 0.2) is 0 Å². The van der Waals surface area contributed by atoms with Crippen LogP contribution in [0.25, 0.3) is 0 Å². The number of likely N-dealkylation sites (tertiary alicyclic amines) is 2. The molecule has 2 saturated carbocycles. The molecule has 164 valence electrons. The second-order valence-corrected chi connectivity index (χ2v) is 11.1. The van der Waals surface area contributed by atoms with Crippen molar-refractivity contribution in [1.29, 1.82) is 0 Å². The zero-order valence-corrected chi connectivity index (χ0v) is 19.1. The standard InChI is InChI=1S/2C12H17NO2/c2*1-5-12-6-9(12)7-13(8-12)10(14)15-11(2,3)4/h2*1,9H,6-8H2,2-4H3/t2*9-,12+/m10/s1. The molecule has 2 amide bonds. The van der Waals surface area contributed by atoms with Crippen molar-refractivity contribution in [3.05, 3.63) is 0 Å². The number of hydrogen-bond acceptors (Lipinski definition) is 4. The molecule has 2 aliphatic heterocycles. The van der Waals surface area contributed by atoms with Crippen LogP contribution in [-0.2, 0) is 9.47 Å². The topological polar surface area (TPSA) is 59.1 Å². The maximum absolute atomic E-state index is 11.7. The average Bonchev–Trinajstić information content (AvgIpc) is 3.40. The van der Waals surface area contributed by atoms with Crippen LogP contribution in [0.2, 0.25) is 0 Å². The summed E-state index contributed by atoms with van der Waals surface area (Å²) in [7, 11) is 0. The molecule has 0 radical (unpaired) electrons. The summed E-state index contributed by atoms with van der Waals surface area (Å²) in [5.41, 5.74) is -0.881. The van der Waals surface area contributed by atoms with Gasteiger partial charge in [0.15, 0.2) is 0 Å². The maximum atomic E-state index is 11.7. The van der Waals surface area contributed by atoms with Gasteiger partial charge in [-0.2, -0.15) is 0 Å². The van der Waals surface area contributed by atoms with E-state index in [0.29, 0.717) is 24.9 Å². The van der Waals surface area contributed by atoms with Crippen LogP contribution in [-0.4, -0.2) is 59.4 Å². The van der Waals surface area contributed by atoms with E-state index in [1.165, 1.54) is 0 Å². The molecule has 6 heteroatoms. The molecular weight excluding hydrogens is 380 g/mol. The molecule has 0 aromatic heterocycles. The van der Waals surface area contributed by atoms with Crippen LogP contribution >= 0.6 is 0 Å². The summed E-state index contributed by atoms with van der Waals surface area (Å²) < 4.78 is 10.6. The largest absolute Gasteiger partial charge is 0.444 e. The Hall–Kier alpha value is -2.34. The lowest BCUT2D eigenvalue weighted by molar-refractivity contribution is 0.0258. The number of amides is 2. The lowest BCUT2D eigenvalue weighted by atomic mass is 10.1. The van der Waals surface area contributed by atoms with E-state index in [2.05, 4.69) is 11.8 Å². The number of ether oxygens (including phenoxy) is 2. The molecule has 0 spiro atoms. The van der Waals surface area contributed by atoms with Gasteiger partial charge in [0.1, 0.15) is 11.2 Å². The normalized spacial score (nSPS) is 33.2. The highest BCUT2D eigenvalue weighted by atomic mass is 16.6. The number of hydrogen-bond donors (Lipinski definition) is 0. The number of rotatable bonds is 0. The van der Waals surface area contributed by atoms with Gasteiger partial charge < -0.3 is 19.3 Å². The van der Waals surface area contributed by atoms with E-state index in [0.717, 1.165) is 25.9 Å². The summed E-state index contributed by atoms with van der Waals surface area (Å²) >= 11 is 0. The third kappa shape index (κ3) is 4.69. The monoisotopic (exact) mass is 414 g/mol. The lowest BCUT2D eigenvalue weighted by Gasteiger charge is -2.25. The minimum Gasteiger partial charge on any atom is -0.444 e. The van der Waals surface area contributed by atoms with E-state index in [9.17, 15) is 9.59 Å². The van der Waals surface area contributed by atoms with Crippen molar-refractivity contribution < 1.29 is 19.1 Å². The van der Waals surface area contributed by atoms with Crippen molar-refractivity contribution in [2.45, 2.75) is 65.6 Å². The predicted molar refractivity (Wildman–Crippen MR) is 114 cm³/mol. The molecule has 4 atom stereocenters. The Morgan fingerprint density at radius 1 is 0.800 bits per heavy atom. The van der Waals surface area contributed by atoms with E-state index in [-0.39, 0.29) is 23.0 Å². The van der Waals surface area contributed by atoms with Gasteiger partial charge in [-0.1, -0.05) is 11.8 Å². The third-order valence-electron chi connectivity index (χ3n) is 6.17. The van der Waals surface area contributed by atoms with E-state index >= 15 is 0 Å². The van der Waals surface area contributed by atoms with Crippen LogP contribution in [0.1, 0.15) is 54.4 Å². The molecule has 2 heterocycles. The molecule has 30 heavy (non-hydrogen) atoms. The maximum Gasteiger partial charge on any atom is 0.410 e. The van der Waals surface area contributed by atoms with Crippen molar-refractivity contribution in [2.75, 3.05) is 26.2 Å². The summed E-state index contributed by atoms with van der Waals surface area (Å²) in [5.74, 6) is 6.64. The zero-order valence-electron chi connectivity index (χ0n) is 19.1. The van der Waals surface area contributed by atoms with Gasteiger partial charge in [-0.3, -0.25) is 0 Å². The fourth-order valence-corrected chi connectivity index (χ4v) is 4.35. The fourth-order valence-electron chi connectivity index (χ4n) is 4.35. The van der Waals surface area contributed by atoms with Gasteiger partial charge in [0.2, 0.25) is 0 Å². The minimum absolute atomic E-state index is 0.0170. The molecule has 0 N–H and O–H groups in total. The smallest absolute Gasteiger partial charge is 0.410 e. The Morgan fingerprint density at radius 3 is 1.37 bits per heavy atom. The number of carbonyl (C=O) groups is 2. The number of piperidine rings is 2.